The van der Waals surface area contributed by atoms with Crippen LogP contribution in [-0.2, 0) is 14.7 Å². The number of amidine groups is 1. The van der Waals surface area contributed by atoms with Gasteiger partial charge in [0, 0.05) is 11.8 Å². The van der Waals surface area contributed by atoms with Crippen molar-refractivity contribution >= 4 is 5.84 Å². The van der Waals surface area contributed by atoms with E-state index in [0.29, 0.717) is 12.2 Å². The molecule has 0 spiro atoms. The van der Waals surface area contributed by atoms with Gasteiger partial charge in [-0.3, -0.25) is 4.74 Å². The van der Waals surface area contributed by atoms with Gasteiger partial charge < -0.3 is 14.7 Å². The van der Waals surface area contributed by atoms with E-state index in [1.54, 1.807) is 32.9 Å². The van der Waals surface area contributed by atoms with Gasteiger partial charge in [-0.05, 0) is 52.2 Å². The lowest BCUT2D eigenvalue weighted by molar-refractivity contribution is -0.552. The Morgan fingerprint density at radius 2 is 2.00 bits per heavy atom. The van der Waals surface area contributed by atoms with Crippen molar-refractivity contribution in [2.24, 2.45) is 0 Å². The first kappa shape index (κ1) is 17.2. The maximum absolute atomic E-state index is 13.0. The van der Waals surface area contributed by atoms with Crippen molar-refractivity contribution in [2.75, 3.05) is 13.2 Å². The molecule has 6 nitrogen and oxygen atoms in total. The molecule has 0 aliphatic carbocycles. The lowest BCUT2D eigenvalue weighted by atomic mass is 9.83. The molecule has 131 valence electrons. The summed E-state index contributed by atoms with van der Waals surface area (Å²) < 4.78 is 12.3. The Labute approximate surface area is 142 Å². The second-order valence-electron chi connectivity index (χ2n) is 7.22. The molecule has 0 amide bonds. The minimum absolute atomic E-state index is 0.135. The molecule has 24 heavy (non-hydrogen) atoms. The lowest BCUT2D eigenvalue weighted by Gasteiger charge is -2.37. The Hall–Kier alpha value is -1.63. The molecule has 1 radical (unpaired) electrons. The molecule has 0 saturated carbocycles. The molecular formula is C18H25N2O4. The van der Waals surface area contributed by atoms with E-state index in [4.69, 9.17) is 9.47 Å². The van der Waals surface area contributed by atoms with Crippen LogP contribution in [0.25, 0.3) is 0 Å². The summed E-state index contributed by atoms with van der Waals surface area (Å²) in [6, 6.07) is 9.05. The molecule has 1 aromatic carbocycles. The van der Waals surface area contributed by atoms with Gasteiger partial charge in [0.2, 0.25) is 0 Å². The van der Waals surface area contributed by atoms with Gasteiger partial charge in [0.15, 0.2) is 17.4 Å². The van der Waals surface area contributed by atoms with E-state index in [1.807, 2.05) is 18.2 Å². The number of hydrogen-bond acceptors (Lipinski definition) is 4. The molecule has 0 bridgehead atoms. The summed E-state index contributed by atoms with van der Waals surface area (Å²) in [6.45, 7) is 6.17. The minimum Gasteiger partial charge on any atom is -0.714 e. The fraction of sp³-hybridized carbons (Fsp3) is 0.611. The highest BCUT2D eigenvalue weighted by Gasteiger charge is 2.63. The Morgan fingerprint density at radius 3 is 2.62 bits per heavy atom. The predicted octanol–water partition coefficient (Wildman–Crippen LogP) is 2.69. The van der Waals surface area contributed by atoms with Gasteiger partial charge in [0.25, 0.3) is 0 Å². The van der Waals surface area contributed by atoms with Crippen molar-refractivity contribution in [1.29, 1.82) is 0 Å². The number of hydroxylamine groups is 3. The third-order valence-corrected chi connectivity index (χ3v) is 5.38. The number of rotatable bonds is 4. The highest BCUT2D eigenvalue weighted by molar-refractivity contribution is 5.95. The van der Waals surface area contributed by atoms with Gasteiger partial charge in [-0.2, -0.15) is 0 Å². The molecule has 0 aromatic heterocycles. The summed E-state index contributed by atoms with van der Waals surface area (Å²) in [5, 5.41) is 26.7. The topological polar surface area (TPSA) is 67.7 Å². The molecule has 1 saturated heterocycles. The Balaban J connectivity index is 1.88. The number of hydrogen-bond donors (Lipinski definition) is 0. The molecular weight excluding hydrogens is 308 g/mol. The van der Waals surface area contributed by atoms with Gasteiger partial charge in [0.05, 0.1) is 12.2 Å². The van der Waals surface area contributed by atoms with Crippen molar-refractivity contribution in [1.82, 2.24) is 5.06 Å². The van der Waals surface area contributed by atoms with E-state index in [9.17, 15) is 10.4 Å². The summed E-state index contributed by atoms with van der Waals surface area (Å²) >= 11 is 0. The van der Waals surface area contributed by atoms with Crippen LogP contribution in [0.4, 0.5) is 0 Å². The monoisotopic (exact) mass is 333 g/mol. The molecule has 1 unspecified atom stereocenters. The zero-order valence-corrected chi connectivity index (χ0v) is 14.5. The van der Waals surface area contributed by atoms with Crippen molar-refractivity contribution in [2.45, 2.75) is 57.4 Å². The first-order valence-corrected chi connectivity index (χ1v) is 8.48. The molecule has 1 fully saturated rings. The maximum Gasteiger partial charge on any atom is 0.316 e. The van der Waals surface area contributed by atoms with Crippen molar-refractivity contribution in [3.8, 4) is 0 Å². The zero-order chi connectivity index (χ0) is 17.4. The van der Waals surface area contributed by atoms with Gasteiger partial charge >= 0.3 is 5.84 Å². The largest absolute Gasteiger partial charge is 0.714 e. The normalized spacial score (nSPS) is 30.0. The third-order valence-electron chi connectivity index (χ3n) is 5.38. The third kappa shape index (κ3) is 2.68. The van der Waals surface area contributed by atoms with Crippen LogP contribution in [0.15, 0.2) is 30.3 Å². The van der Waals surface area contributed by atoms with Crippen LogP contribution in [0.5, 0.6) is 0 Å². The van der Waals surface area contributed by atoms with Gasteiger partial charge in [-0.25, -0.2) is 0 Å². The van der Waals surface area contributed by atoms with Crippen LogP contribution in [0.1, 0.15) is 45.6 Å². The molecule has 2 heterocycles. The highest BCUT2D eigenvalue weighted by atomic mass is 16.7. The molecule has 2 aliphatic heterocycles. The average Bonchev–Trinajstić information content (AvgIpc) is 2.73. The van der Waals surface area contributed by atoms with E-state index in [1.165, 1.54) is 0 Å². The highest BCUT2D eigenvalue weighted by Crippen LogP contribution is 2.38. The predicted molar refractivity (Wildman–Crippen MR) is 88.7 cm³/mol. The fourth-order valence-electron chi connectivity index (χ4n) is 3.20. The second kappa shape index (κ2) is 6.35. The Morgan fingerprint density at radius 1 is 1.29 bits per heavy atom. The first-order valence-electron chi connectivity index (χ1n) is 8.48. The summed E-state index contributed by atoms with van der Waals surface area (Å²) in [7, 11) is 0. The Kier molecular flexibility index (Phi) is 4.55. The number of benzene rings is 1. The fourth-order valence-corrected chi connectivity index (χ4v) is 3.20. The standard InChI is InChI=1S/C18H25N2O4/c1-17(2)18(3,13-24-15-11-7-8-12-23-15)20(22)16(19(17)21)14-9-5-4-6-10-14/h4-6,9-10,15H,7-8,11-13H2,1-3H3/t15?,18-/m1/s1. The van der Waals surface area contributed by atoms with E-state index >= 15 is 0 Å². The molecule has 2 atom stereocenters. The summed E-state index contributed by atoms with van der Waals surface area (Å²) in [6.07, 6.45) is 2.63. The van der Waals surface area contributed by atoms with E-state index in [2.05, 4.69) is 0 Å². The number of ether oxygens (including phenoxy) is 2. The first-order chi connectivity index (χ1) is 11.4. The second-order valence-corrected chi connectivity index (χ2v) is 7.22. The van der Waals surface area contributed by atoms with Crippen LogP contribution in [0.2, 0.25) is 0 Å². The van der Waals surface area contributed by atoms with E-state index < -0.39 is 11.1 Å². The Bertz CT molecular complexity index is 611. The smallest absolute Gasteiger partial charge is 0.316 e. The number of nitrogens with zero attached hydrogens (tertiary/aromatic N) is 2. The van der Waals surface area contributed by atoms with Gasteiger partial charge in [-0.1, -0.05) is 23.3 Å². The van der Waals surface area contributed by atoms with Crippen molar-refractivity contribution in [3.05, 3.63) is 41.1 Å². The van der Waals surface area contributed by atoms with E-state index in [-0.39, 0.29) is 18.7 Å². The summed E-state index contributed by atoms with van der Waals surface area (Å²) in [5.74, 6) is 0.135. The average molecular weight is 333 g/mol. The van der Waals surface area contributed by atoms with Gasteiger partial charge in [0.1, 0.15) is 0 Å². The molecule has 1 aromatic rings. The molecule has 2 aliphatic rings. The van der Waals surface area contributed by atoms with Crippen LogP contribution < -0.4 is 0 Å². The quantitative estimate of drug-likeness (QED) is 0.627. The minimum atomic E-state index is -0.999. The van der Waals surface area contributed by atoms with Crippen molar-refractivity contribution in [3.63, 3.8) is 0 Å². The van der Waals surface area contributed by atoms with Gasteiger partial charge in [-0.15, -0.1) is 0 Å². The summed E-state index contributed by atoms with van der Waals surface area (Å²) in [4.78, 5) is 0. The maximum atomic E-state index is 13.0. The molecule has 0 N–H and O–H groups in total. The van der Waals surface area contributed by atoms with Crippen LogP contribution in [0, 0.1) is 5.21 Å². The van der Waals surface area contributed by atoms with Crippen molar-refractivity contribution < 1.29 is 19.4 Å². The van der Waals surface area contributed by atoms with Crippen LogP contribution in [0.3, 0.4) is 0 Å². The molecule has 3 rings (SSSR count). The van der Waals surface area contributed by atoms with E-state index in [0.717, 1.165) is 29.1 Å². The zero-order valence-electron chi connectivity index (χ0n) is 14.5. The van der Waals surface area contributed by atoms with Crippen LogP contribution >= 0.6 is 0 Å². The van der Waals surface area contributed by atoms with Crippen LogP contribution in [-0.4, -0.2) is 46.2 Å². The lowest BCUT2D eigenvalue weighted by Crippen LogP contribution is -2.58. The SMILES string of the molecule is CC1(C)N([O])C(c2ccccc2)=[N+]([O-])[C@]1(C)COC1CCCCO1. The molecule has 6 heteroatoms. The summed E-state index contributed by atoms with van der Waals surface area (Å²) in [5.41, 5.74) is -1.30.